The van der Waals surface area contributed by atoms with Crippen molar-refractivity contribution in [1.82, 2.24) is 24.3 Å². The number of aromatic nitrogens is 5. The van der Waals surface area contributed by atoms with E-state index in [-0.39, 0.29) is 11.0 Å². The van der Waals surface area contributed by atoms with Gasteiger partial charge in [-0.15, -0.1) is 0 Å². The first kappa shape index (κ1) is 21.7. The van der Waals surface area contributed by atoms with Crippen molar-refractivity contribution in [3.05, 3.63) is 39.9 Å². The Labute approximate surface area is 202 Å². The molecule has 0 amide bonds. The molecule has 3 N–H and O–H groups in total. The predicted molar refractivity (Wildman–Crippen MR) is 136 cm³/mol. The van der Waals surface area contributed by atoms with Crippen LogP contribution in [0.2, 0.25) is 5.02 Å². The van der Waals surface area contributed by atoms with Crippen LogP contribution in [0.15, 0.2) is 29.3 Å². The molecule has 4 aromatic rings. The number of nitrogens with zero attached hydrogens (tertiary/aromatic N) is 5. The fourth-order valence-electron chi connectivity index (χ4n) is 6.06. The number of fused-ring (bicyclic) bond motifs is 2. The third-order valence-corrected chi connectivity index (χ3v) is 8.60. The summed E-state index contributed by atoms with van der Waals surface area (Å²) in [5.41, 5.74) is 9.65. The molecule has 0 unspecified atom stereocenters. The van der Waals surface area contributed by atoms with Gasteiger partial charge in [0.2, 0.25) is 5.95 Å². The van der Waals surface area contributed by atoms with Crippen LogP contribution < -0.4 is 16.2 Å². The third-order valence-electron chi connectivity index (χ3n) is 8.19. The number of anilines is 1. The van der Waals surface area contributed by atoms with Gasteiger partial charge in [0, 0.05) is 61.6 Å². The highest BCUT2D eigenvalue weighted by molar-refractivity contribution is 6.38. The summed E-state index contributed by atoms with van der Waals surface area (Å²) in [6.45, 7) is 4.55. The molecule has 1 saturated carbocycles. The average Bonchev–Trinajstić information content (AvgIpc) is 3.55. The molecule has 1 atom stereocenters. The maximum Gasteiger partial charge on any atom is 0.264 e. The van der Waals surface area contributed by atoms with Crippen LogP contribution in [-0.4, -0.2) is 43.4 Å². The SMILES string of the molecule is CCn1cc2c(Cl)c(-c3c[nH]c4nc(N5CCC6(CCC[C@H]6N)CC5)n(C)c(=O)c34)ccc2n1. The van der Waals surface area contributed by atoms with Gasteiger partial charge in [-0.3, -0.25) is 14.0 Å². The molecule has 0 radical (unpaired) electrons. The van der Waals surface area contributed by atoms with E-state index in [4.69, 9.17) is 22.3 Å². The van der Waals surface area contributed by atoms with Gasteiger partial charge in [-0.1, -0.05) is 24.1 Å². The van der Waals surface area contributed by atoms with Crippen LogP contribution in [0.4, 0.5) is 5.95 Å². The summed E-state index contributed by atoms with van der Waals surface area (Å²) in [4.78, 5) is 23.9. The molecule has 1 aliphatic carbocycles. The molecule has 3 aromatic heterocycles. The maximum absolute atomic E-state index is 13.6. The molecule has 2 fully saturated rings. The summed E-state index contributed by atoms with van der Waals surface area (Å²) in [6.07, 6.45) is 9.46. The summed E-state index contributed by atoms with van der Waals surface area (Å²) >= 11 is 6.80. The summed E-state index contributed by atoms with van der Waals surface area (Å²) in [5.74, 6) is 0.707. The van der Waals surface area contributed by atoms with Crippen molar-refractivity contribution >= 4 is 39.5 Å². The number of halogens is 1. The molecule has 1 saturated heterocycles. The van der Waals surface area contributed by atoms with Crippen LogP contribution >= 0.6 is 11.6 Å². The number of benzene rings is 1. The van der Waals surface area contributed by atoms with E-state index in [0.717, 1.165) is 60.9 Å². The summed E-state index contributed by atoms with van der Waals surface area (Å²) in [7, 11) is 1.81. The molecule has 34 heavy (non-hydrogen) atoms. The normalized spacial score (nSPS) is 20.2. The van der Waals surface area contributed by atoms with Crippen LogP contribution in [0.3, 0.4) is 0 Å². The molecule has 0 bridgehead atoms. The zero-order valence-corrected chi connectivity index (χ0v) is 20.4. The molecule has 6 rings (SSSR count). The zero-order valence-electron chi connectivity index (χ0n) is 19.6. The highest BCUT2D eigenvalue weighted by Crippen LogP contribution is 2.46. The fraction of sp³-hybridized carbons (Fsp3) is 0.480. The predicted octanol–water partition coefficient (Wildman–Crippen LogP) is 4.05. The van der Waals surface area contributed by atoms with Gasteiger partial charge >= 0.3 is 0 Å². The minimum Gasteiger partial charge on any atom is -0.345 e. The van der Waals surface area contributed by atoms with E-state index in [1.54, 1.807) is 4.57 Å². The Bertz CT molecular complexity index is 1460. The van der Waals surface area contributed by atoms with E-state index in [9.17, 15) is 4.79 Å². The topological polar surface area (TPSA) is 97.8 Å². The minimum atomic E-state index is -0.0745. The third kappa shape index (κ3) is 3.11. The van der Waals surface area contributed by atoms with Crippen LogP contribution in [0, 0.1) is 5.41 Å². The number of rotatable bonds is 3. The van der Waals surface area contributed by atoms with Gasteiger partial charge < -0.3 is 15.6 Å². The van der Waals surface area contributed by atoms with E-state index < -0.39 is 0 Å². The van der Waals surface area contributed by atoms with Crippen molar-refractivity contribution in [3.8, 4) is 11.1 Å². The Kier molecular flexibility index (Phi) is 5.00. The Balaban J connectivity index is 1.39. The van der Waals surface area contributed by atoms with Crippen LogP contribution in [0.5, 0.6) is 0 Å². The van der Waals surface area contributed by atoms with Crippen molar-refractivity contribution < 1.29 is 0 Å². The van der Waals surface area contributed by atoms with Crippen molar-refractivity contribution in [1.29, 1.82) is 0 Å². The van der Waals surface area contributed by atoms with Gasteiger partial charge in [0.15, 0.2) is 0 Å². The molecule has 2 aliphatic rings. The number of hydrogen-bond donors (Lipinski definition) is 2. The van der Waals surface area contributed by atoms with Crippen molar-refractivity contribution in [3.63, 3.8) is 0 Å². The molecule has 4 heterocycles. The van der Waals surface area contributed by atoms with E-state index in [1.807, 2.05) is 43.2 Å². The second kappa shape index (κ2) is 7.85. The van der Waals surface area contributed by atoms with Crippen molar-refractivity contribution in [2.24, 2.45) is 18.2 Å². The highest BCUT2D eigenvalue weighted by atomic mass is 35.5. The summed E-state index contributed by atoms with van der Waals surface area (Å²) < 4.78 is 3.54. The van der Waals surface area contributed by atoms with Gasteiger partial charge in [-0.25, -0.2) is 0 Å². The molecule has 1 aromatic carbocycles. The second-order valence-corrected chi connectivity index (χ2v) is 10.3. The first-order valence-corrected chi connectivity index (χ1v) is 12.5. The lowest BCUT2D eigenvalue weighted by Crippen LogP contribution is -2.48. The quantitative estimate of drug-likeness (QED) is 0.462. The lowest BCUT2D eigenvalue weighted by molar-refractivity contribution is 0.196. The Hall–Kier alpha value is -2.84. The monoisotopic (exact) mass is 479 g/mol. The number of hydrogen-bond acceptors (Lipinski definition) is 5. The van der Waals surface area contributed by atoms with E-state index >= 15 is 0 Å². The number of aryl methyl sites for hydroxylation is 1. The van der Waals surface area contributed by atoms with Gasteiger partial charge in [0.25, 0.3) is 5.56 Å². The minimum absolute atomic E-state index is 0.0745. The van der Waals surface area contributed by atoms with E-state index in [1.165, 1.54) is 12.8 Å². The van der Waals surface area contributed by atoms with Crippen LogP contribution in [0.25, 0.3) is 33.1 Å². The van der Waals surface area contributed by atoms with Crippen LogP contribution in [0.1, 0.15) is 39.0 Å². The Morgan fingerprint density at radius 1 is 1.24 bits per heavy atom. The molecule has 178 valence electrons. The first-order chi connectivity index (χ1) is 16.4. The average molecular weight is 480 g/mol. The molecular weight excluding hydrogens is 450 g/mol. The lowest BCUT2D eigenvalue weighted by atomic mass is 9.74. The number of H-pyrrole nitrogens is 1. The fourth-order valence-corrected chi connectivity index (χ4v) is 6.37. The number of nitrogens with two attached hydrogens (primary N) is 1. The van der Waals surface area contributed by atoms with Crippen molar-refractivity contribution in [2.75, 3.05) is 18.0 Å². The molecule has 1 spiro atoms. The lowest BCUT2D eigenvalue weighted by Gasteiger charge is -2.42. The first-order valence-electron chi connectivity index (χ1n) is 12.2. The molecular formula is C25H30ClN7O. The van der Waals surface area contributed by atoms with E-state index in [2.05, 4.69) is 15.0 Å². The van der Waals surface area contributed by atoms with Gasteiger partial charge in [0.1, 0.15) is 5.65 Å². The summed E-state index contributed by atoms with van der Waals surface area (Å²) in [6, 6.07) is 4.18. The molecule has 8 nitrogen and oxygen atoms in total. The number of piperidine rings is 1. The zero-order chi connectivity index (χ0) is 23.6. The maximum atomic E-state index is 13.6. The number of aromatic amines is 1. The van der Waals surface area contributed by atoms with Gasteiger partial charge in [-0.2, -0.15) is 10.1 Å². The standard InChI is InChI=1S/C25H30ClN7O/c1-3-33-14-17-18(30-33)7-6-15(21(17)26)16-13-28-22-20(16)23(34)31(2)24(29-22)32-11-9-25(10-12-32)8-4-5-19(25)27/h6-7,13-14,19,28H,3-5,8-12,27H2,1-2H3/t19-/m1/s1. The number of nitrogens with one attached hydrogen (secondary N) is 1. The Morgan fingerprint density at radius 2 is 2.03 bits per heavy atom. The Morgan fingerprint density at radius 3 is 2.74 bits per heavy atom. The highest BCUT2D eigenvalue weighted by Gasteiger charge is 2.43. The van der Waals surface area contributed by atoms with Gasteiger partial charge in [0.05, 0.1) is 15.9 Å². The van der Waals surface area contributed by atoms with Gasteiger partial charge in [-0.05, 0) is 44.1 Å². The second-order valence-electron chi connectivity index (χ2n) is 9.89. The smallest absolute Gasteiger partial charge is 0.264 e. The molecule has 9 heteroatoms. The van der Waals surface area contributed by atoms with Crippen molar-refractivity contribution in [2.45, 2.75) is 51.6 Å². The van der Waals surface area contributed by atoms with Crippen LogP contribution in [-0.2, 0) is 13.6 Å². The van der Waals surface area contributed by atoms with E-state index in [0.29, 0.717) is 28.0 Å². The summed E-state index contributed by atoms with van der Waals surface area (Å²) in [5, 5.41) is 6.57. The molecule has 1 aliphatic heterocycles. The largest absolute Gasteiger partial charge is 0.345 e.